The van der Waals surface area contributed by atoms with Crippen LogP contribution in [-0.4, -0.2) is 30.6 Å². The molecule has 1 rings (SSSR count). The van der Waals surface area contributed by atoms with Crippen LogP contribution in [0.5, 0.6) is 5.75 Å². The van der Waals surface area contributed by atoms with E-state index in [0.717, 1.165) is 4.90 Å². The number of Topliss-reactive ketones (excluding diaryl/α,β-unsaturated/α-hetero) is 1. The fourth-order valence-electron chi connectivity index (χ4n) is 1.57. The Bertz CT molecular complexity index is 442. The second-order valence-corrected chi connectivity index (χ2v) is 3.47. The smallest absolute Gasteiger partial charge is 0.411 e. The number of hydrogen-bond acceptors (Lipinski definition) is 3. The van der Waals surface area contributed by atoms with Crippen molar-refractivity contribution < 1.29 is 19.4 Å². The average Bonchev–Trinajstić information content (AvgIpc) is 2.29. The molecule has 0 atom stereocenters. The van der Waals surface area contributed by atoms with E-state index in [-0.39, 0.29) is 12.3 Å². The van der Waals surface area contributed by atoms with Crippen molar-refractivity contribution >= 4 is 17.6 Å². The van der Waals surface area contributed by atoms with E-state index in [1.807, 2.05) is 0 Å². The van der Waals surface area contributed by atoms with Gasteiger partial charge in [0.25, 0.3) is 0 Å². The minimum Gasteiger partial charge on any atom is -0.497 e. The summed E-state index contributed by atoms with van der Waals surface area (Å²) in [6.45, 7) is 3.39. The lowest BCUT2D eigenvalue weighted by atomic mass is 10.1. The van der Waals surface area contributed by atoms with Crippen molar-refractivity contribution in [3.05, 3.63) is 23.8 Å². The number of methoxy groups -OCH3 is 1. The van der Waals surface area contributed by atoms with Gasteiger partial charge in [0.1, 0.15) is 5.75 Å². The van der Waals surface area contributed by atoms with E-state index in [1.165, 1.54) is 14.0 Å². The molecule has 1 aromatic carbocycles. The lowest BCUT2D eigenvalue weighted by Gasteiger charge is -2.20. The SMILES string of the molecule is CCN(C(=O)O)c1ccc(OC)cc1C(C)=O. The molecule has 1 amide bonds. The molecule has 0 unspecified atom stereocenters. The number of ketones is 1. The van der Waals surface area contributed by atoms with Crippen LogP contribution in [0.15, 0.2) is 18.2 Å². The maximum atomic E-state index is 11.5. The number of carboxylic acid groups (broad SMARTS) is 1. The molecule has 0 fully saturated rings. The van der Waals surface area contributed by atoms with E-state index in [2.05, 4.69) is 0 Å². The summed E-state index contributed by atoms with van der Waals surface area (Å²) in [4.78, 5) is 23.7. The lowest BCUT2D eigenvalue weighted by Crippen LogP contribution is -2.30. The van der Waals surface area contributed by atoms with E-state index < -0.39 is 6.09 Å². The molecule has 0 aliphatic rings. The number of carbonyl (C=O) groups is 2. The Labute approximate surface area is 99.6 Å². The highest BCUT2D eigenvalue weighted by Crippen LogP contribution is 2.26. The van der Waals surface area contributed by atoms with E-state index in [9.17, 15) is 9.59 Å². The third-order valence-electron chi connectivity index (χ3n) is 2.42. The standard InChI is InChI=1S/C12H15NO4/c1-4-13(12(15)16)11-6-5-9(17-3)7-10(11)8(2)14/h5-7H,4H2,1-3H3,(H,15,16). The van der Waals surface area contributed by atoms with Gasteiger partial charge in [0.05, 0.1) is 12.8 Å². The number of anilines is 1. The first-order valence-corrected chi connectivity index (χ1v) is 5.20. The number of nitrogens with zero attached hydrogens (tertiary/aromatic N) is 1. The van der Waals surface area contributed by atoms with Gasteiger partial charge in [0.2, 0.25) is 0 Å². The topological polar surface area (TPSA) is 66.8 Å². The Morgan fingerprint density at radius 3 is 2.47 bits per heavy atom. The predicted octanol–water partition coefficient (Wildman–Crippen LogP) is 2.40. The van der Waals surface area contributed by atoms with Crippen LogP contribution < -0.4 is 9.64 Å². The fraction of sp³-hybridized carbons (Fsp3) is 0.333. The number of amides is 1. The molecule has 0 aliphatic heterocycles. The fourth-order valence-corrected chi connectivity index (χ4v) is 1.57. The van der Waals surface area contributed by atoms with Gasteiger partial charge < -0.3 is 9.84 Å². The van der Waals surface area contributed by atoms with Gasteiger partial charge in [-0.05, 0) is 32.0 Å². The molecule has 0 aliphatic carbocycles. The number of ether oxygens (including phenoxy) is 1. The van der Waals surface area contributed by atoms with Crippen LogP contribution in [0.4, 0.5) is 10.5 Å². The number of rotatable bonds is 4. The quantitative estimate of drug-likeness (QED) is 0.816. The molecule has 0 saturated carbocycles. The van der Waals surface area contributed by atoms with E-state index in [4.69, 9.17) is 9.84 Å². The molecular weight excluding hydrogens is 222 g/mol. The first kappa shape index (κ1) is 13.0. The molecular formula is C12H15NO4. The Morgan fingerprint density at radius 1 is 1.41 bits per heavy atom. The van der Waals surface area contributed by atoms with Gasteiger partial charge >= 0.3 is 6.09 Å². The van der Waals surface area contributed by atoms with E-state index >= 15 is 0 Å². The highest BCUT2D eigenvalue weighted by molar-refractivity contribution is 6.03. The average molecular weight is 237 g/mol. The second-order valence-electron chi connectivity index (χ2n) is 3.47. The summed E-state index contributed by atoms with van der Waals surface area (Å²) in [5.74, 6) is 0.332. The van der Waals surface area contributed by atoms with Crippen LogP contribution in [0.2, 0.25) is 0 Å². The van der Waals surface area contributed by atoms with Crippen molar-refractivity contribution in [2.24, 2.45) is 0 Å². The van der Waals surface area contributed by atoms with Crippen LogP contribution in [0.1, 0.15) is 24.2 Å². The maximum absolute atomic E-state index is 11.5. The van der Waals surface area contributed by atoms with Crippen LogP contribution in [0, 0.1) is 0 Å². The van der Waals surface area contributed by atoms with Crippen molar-refractivity contribution in [2.75, 3.05) is 18.6 Å². The monoisotopic (exact) mass is 237 g/mol. The minimum absolute atomic E-state index is 0.196. The Kier molecular flexibility index (Phi) is 4.09. The van der Waals surface area contributed by atoms with Crippen molar-refractivity contribution in [1.29, 1.82) is 0 Å². The summed E-state index contributed by atoms with van der Waals surface area (Å²) in [7, 11) is 1.49. The van der Waals surface area contributed by atoms with Gasteiger partial charge in [-0.25, -0.2) is 4.79 Å². The molecule has 0 heterocycles. The molecule has 17 heavy (non-hydrogen) atoms. The largest absolute Gasteiger partial charge is 0.497 e. The minimum atomic E-state index is -1.08. The number of benzene rings is 1. The first-order chi connectivity index (χ1) is 8.01. The van der Waals surface area contributed by atoms with Crippen LogP contribution in [0.25, 0.3) is 0 Å². The van der Waals surface area contributed by atoms with Crippen molar-refractivity contribution in [3.63, 3.8) is 0 Å². The zero-order chi connectivity index (χ0) is 13.0. The summed E-state index contributed by atoms with van der Waals surface area (Å²) in [6, 6.07) is 4.75. The number of hydrogen-bond donors (Lipinski definition) is 1. The molecule has 0 spiro atoms. The molecule has 5 nitrogen and oxygen atoms in total. The van der Waals surface area contributed by atoms with Crippen LogP contribution >= 0.6 is 0 Å². The Hall–Kier alpha value is -2.04. The first-order valence-electron chi connectivity index (χ1n) is 5.20. The summed E-state index contributed by atoms with van der Waals surface area (Å²) >= 11 is 0. The highest BCUT2D eigenvalue weighted by Gasteiger charge is 2.18. The van der Waals surface area contributed by atoms with Gasteiger partial charge in [0, 0.05) is 12.1 Å². The molecule has 1 aromatic rings. The summed E-state index contributed by atoms with van der Waals surface area (Å²) in [5.41, 5.74) is 0.724. The third kappa shape index (κ3) is 2.75. The highest BCUT2D eigenvalue weighted by atomic mass is 16.5. The molecule has 0 aromatic heterocycles. The van der Waals surface area contributed by atoms with E-state index in [0.29, 0.717) is 17.0 Å². The van der Waals surface area contributed by atoms with Crippen LogP contribution in [0.3, 0.4) is 0 Å². The zero-order valence-corrected chi connectivity index (χ0v) is 10.1. The molecule has 1 N–H and O–H groups in total. The third-order valence-corrected chi connectivity index (χ3v) is 2.42. The molecule has 0 radical (unpaired) electrons. The maximum Gasteiger partial charge on any atom is 0.411 e. The van der Waals surface area contributed by atoms with Gasteiger partial charge in [-0.2, -0.15) is 0 Å². The van der Waals surface area contributed by atoms with Gasteiger partial charge in [-0.3, -0.25) is 9.69 Å². The normalized spacial score (nSPS) is 9.82. The van der Waals surface area contributed by atoms with Crippen LogP contribution in [-0.2, 0) is 0 Å². The predicted molar refractivity (Wildman–Crippen MR) is 64.0 cm³/mol. The van der Waals surface area contributed by atoms with Crippen molar-refractivity contribution in [2.45, 2.75) is 13.8 Å². The zero-order valence-electron chi connectivity index (χ0n) is 10.1. The molecule has 5 heteroatoms. The molecule has 92 valence electrons. The number of carbonyl (C=O) groups excluding carboxylic acids is 1. The van der Waals surface area contributed by atoms with Crippen molar-refractivity contribution in [3.8, 4) is 5.75 Å². The van der Waals surface area contributed by atoms with Crippen molar-refractivity contribution in [1.82, 2.24) is 0 Å². The van der Waals surface area contributed by atoms with Gasteiger partial charge in [0.15, 0.2) is 5.78 Å². The van der Waals surface area contributed by atoms with E-state index in [1.54, 1.807) is 25.1 Å². The Balaban J connectivity index is 3.31. The Morgan fingerprint density at radius 2 is 2.06 bits per heavy atom. The molecule has 0 bridgehead atoms. The summed E-state index contributed by atoms with van der Waals surface area (Å²) < 4.78 is 5.02. The van der Waals surface area contributed by atoms with Gasteiger partial charge in [-0.1, -0.05) is 0 Å². The summed E-state index contributed by atoms with van der Waals surface area (Å²) in [6.07, 6.45) is -1.08. The second kappa shape index (κ2) is 5.34. The summed E-state index contributed by atoms with van der Waals surface area (Å²) in [5, 5.41) is 9.04. The van der Waals surface area contributed by atoms with Gasteiger partial charge in [-0.15, -0.1) is 0 Å². The molecule has 0 saturated heterocycles. The lowest BCUT2D eigenvalue weighted by molar-refractivity contribution is 0.101.